The molecule has 0 saturated carbocycles. The van der Waals surface area contributed by atoms with Gasteiger partial charge in [0, 0.05) is 24.2 Å². The lowest BCUT2D eigenvalue weighted by Crippen LogP contribution is -2.26. The standard InChI is InChI=1S/C10H12ClN.C5H4N.C4H6/c1-12-5-4-8-2-3-10(11)6-9(8)7-12;1-2-4-6-5-3-1;1-3-4-2/h2-3,6H,4-5,7H2,1H3;1-4H;3-4H,1-2H2/q;+1;. The van der Waals surface area contributed by atoms with E-state index in [1.165, 1.54) is 11.1 Å². The second-order valence-corrected chi connectivity index (χ2v) is 5.27. The summed E-state index contributed by atoms with van der Waals surface area (Å²) >= 11 is 5.91. The molecule has 3 rings (SSSR count). The van der Waals surface area contributed by atoms with Crippen molar-refractivity contribution in [2.75, 3.05) is 13.6 Å². The quantitative estimate of drug-likeness (QED) is 0.746. The van der Waals surface area contributed by atoms with E-state index >= 15 is 0 Å². The fourth-order valence-corrected chi connectivity index (χ4v) is 2.14. The molecule has 1 aromatic carbocycles. The molecule has 1 aromatic heterocycles. The molecule has 0 aliphatic carbocycles. The van der Waals surface area contributed by atoms with Crippen LogP contribution in [0.3, 0.4) is 0 Å². The van der Waals surface area contributed by atoms with Crippen molar-refractivity contribution in [3.05, 3.63) is 90.3 Å². The lowest BCUT2D eigenvalue weighted by Gasteiger charge is -2.24. The van der Waals surface area contributed by atoms with Gasteiger partial charge in [0.25, 0.3) is 0 Å². The van der Waals surface area contributed by atoms with E-state index in [1.807, 2.05) is 18.2 Å². The van der Waals surface area contributed by atoms with Gasteiger partial charge in [-0.3, -0.25) is 0 Å². The Bertz CT molecular complexity index is 534. The highest BCUT2D eigenvalue weighted by atomic mass is 35.5. The van der Waals surface area contributed by atoms with Gasteiger partial charge in [-0.15, -0.1) is 0 Å². The molecule has 0 N–H and O–H groups in total. The Morgan fingerprint density at radius 3 is 2.50 bits per heavy atom. The fourth-order valence-electron chi connectivity index (χ4n) is 1.94. The minimum Gasteiger partial charge on any atom is -0.302 e. The van der Waals surface area contributed by atoms with Crippen LogP contribution in [0.25, 0.3) is 0 Å². The average Bonchev–Trinajstić information content (AvgIpc) is 2.57. The van der Waals surface area contributed by atoms with Crippen molar-refractivity contribution in [3.8, 4) is 0 Å². The summed E-state index contributed by atoms with van der Waals surface area (Å²) in [6.07, 6.45) is 8.77. The van der Waals surface area contributed by atoms with Crippen molar-refractivity contribution in [2.45, 2.75) is 13.0 Å². The number of aromatic nitrogens is 1. The smallest absolute Gasteiger partial charge is 0.302 e. The van der Waals surface area contributed by atoms with E-state index < -0.39 is 0 Å². The number of likely N-dealkylation sites (N-methyl/N-ethyl adjacent to an activating group) is 1. The number of fused-ring (bicyclic) bond motifs is 1. The number of hydrogen-bond acceptors (Lipinski definition) is 1. The van der Waals surface area contributed by atoms with E-state index in [-0.39, 0.29) is 0 Å². The molecule has 114 valence electrons. The van der Waals surface area contributed by atoms with Gasteiger partial charge < -0.3 is 4.90 Å². The number of allylic oxidation sites excluding steroid dienone is 2. The van der Waals surface area contributed by atoms with Crippen molar-refractivity contribution in [1.29, 1.82) is 0 Å². The molecule has 2 heterocycles. The van der Waals surface area contributed by atoms with Crippen molar-refractivity contribution in [1.82, 2.24) is 4.90 Å². The summed E-state index contributed by atoms with van der Waals surface area (Å²) in [6.45, 7) is 8.92. The minimum atomic E-state index is 0.851. The third-order valence-electron chi connectivity index (χ3n) is 3.06. The van der Waals surface area contributed by atoms with Gasteiger partial charge in [-0.1, -0.05) is 43.0 Å². The molecule has 2 nitrogen and oxygen atoms in total. The Balaban J connectivity index is 0.000000203. The van der Waals surface area contributed by atoms with Crippen LogP contribution in [0.5, 0.6) is 0 Å². The van der Waals surface area contributed by atoms with Crippen molar-refractivity contribution >= 4 is 11.6 Å². The van der Waals surface area contributed by atoms with Crippen LogP contribution in [-0.4, -0.2) is 18.5 Å². The zero-order valence-electron chi connectivity index (χ0n) is 13.0. The normalized spacial score (nSPS) is 12.3. The molecule has 0 radical (unpaired) electrons. The second-order valence-electron chi connectivity index (χ2n) is 4.83. The molecular formula is C19H22ClN2+. The van der Waals surface area contributed by atoms with Crippen LogP contribution in [0.4, 0.5) is 0 Å². The number of nitrogens with zero attached hydrogens (tertiary/aromatic N) is 2. The summed E-state index contributed by atoms with van der Waals surface area (Å²) in [5.41, 5.74) is 2.84. The maximum absolute atomic E-state index is 5.91. The fraction of sp³-hybridized carbons (Fsp3) is 0.211. The molecule has 22 heavy (non-hydrogen) atoms. The van der Waals surface area contributed by atoms with Gasteiger partial charge in [0.1, 0.15) is 0 Å². The number of hydrogen-bond donors (Lipinski definition) is 0. The zero-order chi connectivity index (χ0) is 16.2. The molecule has 2 aromatic rings. The maximum atomic E-state index is 5.91. The highest BCUT2D eigenvalue weighted by Crippen LogP contribution is 2.21. The molecule has 0 fully saturated rings. The molecule has 0 amide bonds. The van der Waals surface area contributed by atoms with E-state index in [0.717, 1.165) is 24.5 Å². The third kappa shape index (κ3) is 7.08. The van der Waals surface area contributed by atoms with Crippen LogP contribution < -0.4 is 4.98 Å². The lowest BCUT2D eigenvalue weighted by atomic mass is 10.0. The number of rotatable bonds is 1. The highest BCUT2D eigenvalue weighted by Gasteiger charge is 2.12. The Labute approximate surface area is 138 Å². The van der Waals surface area contributed by atoms with E-state index in [9.17, 15) is 0 Å². The van der Waals surface area contributed by atoms with Crippen LogP contribution in [0.2, 0.25) is 5.02 Å². The van der Waals surface area contributed by atoms with Crippen molar-refractivity contribution in [3.63, 3.8) is 0 Å². The molecule has 1 aliphatic heterocycles. The van der Waals surface area contributed by atoms with Crippen LogP contribution in [-0.2, 0) is 13.0 Å². The van der Waals surface area contributed by atoms with Crippen molar-refractivity contribution < 1.29 is 4.98 Å². The molecule has 0 atom stereocenters. The first-order valence-corrected chi connectivity index (χ1v) is 7.51. The monoisotopic (exact) mass is 313 g/mol. The molecule has 0 unspecified atom stereocenters. The summed E-state index contributed by atoms with van der Waals surface area (Å²) in [4.78, 5) is 5.98. The first-order chi connectivity index (χ1) is 10.7. The molecule has 1 aliphatic rings. The first kappa shape index (κ1) is 18.0. The van der Waals surface area contributed by atoms with Gasteiger partial charge in [0.2, 0.25) is 0 Å². The minimum absolute atomic E-state index is 0.851. The molecule has 0 spiro atoms. The topological polar surface area (TPSA) is 17.3 Å². The third-order valence-corrected chi connectivity index (χ3v) is 3.29. The van der Waals surface area contributed by atoms with Crippen molar-refractivity contribution in [2.24, 2.45) is 0 Å². The predicted octanol–water partition coefficient (Wildman–Crippen LogP) is 3.77. The summed E-state index contributed by atoms with van der Waals surface area (Å²) in [5.74, 6) is 0. The Morgan fingerprint density at radius 1 is 1.23 bits per heavy atom. The van der Waals surface area contributed by atoms with Crippen LogP contribution in [0.15, 0.2) is 67.9 Å². The Morgan fingerprint density at radius 2 is 2.00 bits per heavy atom. The molecular weight excluding hydrogens is 292 g/mol. The van der Waals surface area contributed by atoms with Gasteiger partial charge in [-0.05, 0) is 47.8 Å². The predicted molar refractivity (Wildman–Crippen MR) is 92.8 cm³/mol. The number of benzene rings is 1. The van der Waals surface area contributed by atoms with E-state index in [4.69, 9.17) is 11.6 Å². The van der Waals surface area contributed by atoms with Crippen LogP contribution in [0, 0.1) is 6.20 Å². The maximum Gasteiger partial charge on any atom is 0.311 e. The summed E-state index contributed by atoms with van der Waals surface area (Å²) in [5, 5.41) is 0.851. The average molecular weight is 314 g/mol. The summed E-state index contributed by atoms with van der Waals surface area (Å²) in [7, 11) is 2.14. The van der Waals surface area contributed by atoms with Gasteiger partial charge in [0.15, 0.2) is 0 Å². The van der Waals surface area contributed by atoms with Gasteiger partial charge >= 0.3 is 12.4 Å². The second kappa shape index (κ2) is 10.6. The van der Waals surface area contributed by atoms with E-state index in [1.54, 1.807) is 24.4 Å². The number of halogens is 1. The van der Waals surface area contributed by atoms with E-state index in [0.29, 0.717) is 0 Å². The molecule has 0 saturated heterocycles. The highest BCUT2D eigenvalue weighted by molar-refractivity contribution is 6.30. The Hall–Kier alpha value is -2.08. The summed E-state index contributed by atoms with van der Waals surface area (Å²) < 4.78 is 0. The molecule has 0 bridgehead atoms. The zero-order valence-corrected chi connectivity index (χ0v) is 13.8. The largest absolute Gasteiger partial charge is 0.311 e. The summed E-state index contributed by atoms with van der Waals surface area (Å²) in [6, 6.07) is 11.7. The van der Waals surface area contributed by atoms with E-state index in [2.05, 4.69) is 48.4 Å². The Kier molecular flexibility index (Phi) is 8.67. The first-order valence-electron chi connectivity index (χ1n) is 7.13. The van der Waals surface area contributed by atoms with Crippen LogP contribution >= 0.6 is 11.6 Å². The lowest BCUT2D eigenvalue weighted by molar-refractivity contribution is -0.294. The SMILES string of the molecule is C=CC=C.CN1CCc2ccc(Cl)cc2C1.c1cccc[n+]#1. The van der Waals surface area contributed by atoms with Gasteiger partial charge in [-0.2, -0.15) is 0 Å². The van der Waals surface area contributed by atoms with Crippen LogP contribution in [0.1, 0.15) is 11.1 Å². The van der Waals surface area contributed by atoms with Gasteiger partial charge in [0.05, 0.1) is 6.07 Å². The molecule has 3 heteroatoms. The van der Waals surface area contributed by atoms with Gasteiger partial charge in [-0.25, -0.2) is 0 Å².